The molecule has 0 aromatic rings. The van der Waals surface area contributed by atoms with E-state index in [2.05, 4.69) is 19.1 Å². The summed E-state index contributed by atoms with van der Waals surface area (Å²) in [6.07, 6.45) is 20.0. The summed E-state index contributed by atoms with van der Waals surface area (Å²) in [5, 5.41) is 9.04. The van der Waals surface area contributed by atoms with Crippen molar-refractivity contribution in [2.24, 2.45) is 23.7 Å². The molecule has 2 nitrogen and oxygen atoms in total. The molecule has 2 fully saturated rings. The largest absolute Gasteiger partial charge is 0.481 e. The van der Waals surface area contributed by atoms with E-state index in [1.165, 1.54) is 51.4 Å². The van der Waals surface area contributed by atoms with Crippen molar-refractivity contribution in [1.29, 1.82) is 0 Å². The highest BCUT2D eigenvalue weighted by Crippen LogP contribution is 2.34. The van der Waals surface area contributed by atoms with Crippen LogP contribution in [0.3, 0.4) is 0 Å². The van der Waals surface area contributed by atoms with E-state index in [-0.39, 0.29) is 5.92 Å². The predicted octanol–water partition coefficient (Wildman–Crippen LogP) is 5.82. The number of rotatable bonds is 7. The van der Waals surface area contributed by atoms with Crippen LogP contribution in [0.25, 0.3) is 0 Å². The van der Waals surface area contributed by atoms with E-state index in [0.717, 1.165) is 37.5 Å². The molecule has 0 unspecified atom stereocenters. The number of carboxylic acids is 1. The third kappa shape index (κ3) is 5.78. The first-order chi connectivity index (χ1) is 10.7. The summed E-state index contributed by atoms with van der Waals surface area (Å²) in [4.78, 5) is 11.0. The summed E-state index contributed by atoms with van der Waals surface area (Å²) in [7, 11) is 0. The maximum atomic E-state index is 11.0. The summed E-state index contributed by atoms with van der Waals surface area (Å²) in [5.74, 6) is 1.74. The normalized spacial score (nSPS) is 33.1. The van der Waals surface area contributed by atoms with E-state index in [0.29, 0.717) is 5.92 Å². The molecule has 0 spiro atoms. The summed E-state index contributed by atoms with van der Waals surface area (Å²) < 4.78 is 0. The second-order valence-electron chi connectivity index (χ2n) is 7.61. The number of unbranched alkanes of at least 4 members (excludes halogenated alkanes) is 2. The minimum atomic E-state index is -0.594. The zero-order valence-corrected chi connectivity index (χ0v) is 14.3. The van der Waals surface area contributed by atoms with Crippen molar-refractivity contribution in [3.63, 3.8) is 0 Å². The minimum Gasteiger partial charge on any atom is -0.481 e. The monoisotopic (exact) mass is 306 g/mol. The van der Waals surface area contributed by atoms with E-state index < -0.39 is 5.97 Å². The van der Waals surface area contributed by atoms with Gasteiger partial charge in [0, 0.05) is 0 Å². The lowest BCUT2D eigenvalue weighted by Gasteiger charge is -2.28. The highest BCUT2D eigenvalue weighted by atomic mass is 16.4. The van der Waals surface area contributed by atoms with Gasteiger partial charge < -0.3 is 5.11 Å². The van der Waals surface area contributed by atoms with Gasteiger partial charge in [-0.15, -0.1) is 0 Å². The van der Waals surface area contributed by atoms with E-state index in [9.17, 15) is 4.79 Å². The van der Waals surface area contributed by atoms with Crippen LogP contribution in [0, 0.1) is 23.7 Å². The van der Waals surface area contributed by atoms with Gasteiger partial charge in [0.15, 0.2) is 0 Å². The maximum Gasteiger partial charge on any atom is 0.306 e. The van der Waals surface area contributed by atoms with E-state index in [1.54, 1.807) is 0 Å². The van der Waals surface area contributed by atoms with E-state index >= 15 is 0 Å². The molecular weight excluding hydrogens is 272 g/mol. The summed E-state index contributed by atoms with van der Waals surface area (Å²) >= 11 is 0. The molecule has 2 aliphatic carbocycles. The number of hydrogen-bond acceptors (Lipinski definition) is 1. The molecule has 2 rings (SSSR count). The van der Waals surface area contributed by atoms with Gasteiger partial charge in [0.05, 0.1) is 5.92 Å². The Hall–Kier alpha value is -0.790. The summed E-state index contributed by atoms with van der Waals surface area (Å²) in [6.45, 7) is 2.28. The van der Waals surface area contributed by atoms with Crippen LogP contribution in [0.2, 0.25) is 0 Å². The Bertz CT molecular complexity index is 345. The van der Waals surface area contributed by atoms with Gasteiger partial charge in [-0.2, -0.15) is 0 Å². The fourth-order valence-corrected chi connectivity index (χ4v) is 4.23. The molecule has 0 amide bonds. The molecule has 22 heavy (non-hydrogen) atoms. The van der Waals surface area contributed by atoms with Gasteiger partial charge >= 0.3 is 5.97 Å². The Morgan fingerprint density at radius 3 is 1.95 bits per heavy atom. The summed E-state index contributed by atoms with van der Waals surface area (Å²) in [6, 6.07) is 0. The van der Waals surface area contributed by atoms with Crippen molar-refractivity contribution < 1.29 is 9.90 Å². The Morgan fingerprint density at radius 1 is 0.909 bits per heavy atom. The Kier molecular flexibility index (Phi) is 7.48. The zero-order valence-electron chi connectivity index (χ0n) is 14.3. The molecule has 0 aromatic heterocycles. The Balaban J connectivity index is 1.63. The van der Waals surface area contributed by atoms with Crippen molar-refractivity contribution in [2.75, 3.05) is 0 Å². The first-order valence-electron chi connectivity index (χ1n) is 9.60. The standard InChI is InChI=1S/C20H34O2/c1-2-3-4-5-16-6-8-17(9-7-16)10-11-18-12-14-19(15-13-18)20(21)22/h10-11,16-19H,2-9,12-15H2,1H3,(H,21,22)/t16-,17-,18-,19-. The molecule has 1 N–H and O–H groups in total. The average molecular weight is 306 g/mol. The van der Waals surface area contributed by atoms with Crippen molar-refractivity contribution in [1.82, 2.24) is 0 Å². The van der Waals surface area contributed by atoms with Crippen molar-refractivity contribution in [3.05, 3.63) is 12.2 Å². The van der Waals surface area contributed by atoms with Gasteiger partial charge in [0.2, 0.25) is 0 Å². The van der Waals surface area contributed by atoms with Gasteiger partial charge in [0.1, 0.15) is 0 Å². The number of carbonyl (C=O) groups is 1. The molecule has 2 aliphatic rings. The van der Waals surface area contributed by atoms with Crippen molar-refractivity contribution in [2.45, 2.75) is 84.0 Å². The van der Waals surface area contributed by atoms with Crippen LogP contribution in [0.4, 0.5) is 0 Å². The Labute approximate surface area is 136 Å². The zero-order chi connectivity index (χ0) is 15.8. The van der Waals surface area contributed by atoms with Crippen LogP contribution in [0.1, 0.15) is 84.0 Å². The minimum absolute atomic E-state index is 0.0804. The summed E-state index contributed by atoms with van der Waals surface area (Å²) in [5.41, 5.74) is 0. The molecular formula is C20H34O2. The van der Waals surface area contributed by atoms with Crippen LogP contribution in [-0.4, -0.2) is 11.1 Å². The first-order valence-corrected chi connectivity index (χ1v) is 9.60. The molecule has 0 bridgehead atoms. The average Bonchev–Trinajstić information content (AvgIpc) is 2.55. The van der Waals surface area contributed by atoms with Gasteiger partial charge in [-0.3, -0.25) is 4.79 Å². The molecule has 0 aliphatic heterocycles. The van der Waals surface area contributed by atoms with Crippen LogP contribution < -0.4 is 0 Å². The number of carboxylic acid groups (broad SMARTS) is 1. The predicted molar refractivity (Wildman–Crippen MR) is 91.8 cm³/mol. The topological polar surface area (TPSA) is 37.3 Å². The van der Waals surface area contributed by atoms with Crippen molar-refractivity contribution >= 4 is 5.97 Å². The lowest BCUT2D eigenvalue weighted by atomic mass is 9.78. The van der Waals surface area contributed by atoms with Crippen molar-refractivity contribution in [3.8, 4) is 0 Å². The smallest absolute Gasteiger partial charge is 0.306 e. The maximum absolute atomic E-state index is 11.0. The Morgan fingerprint density at radius 2 is 1.45 bits per heavy atom. The molecule has 126 valence electrons. The quantitative estimate of drug-likeness (QED) is 0.475. The van der Waals surface area contributed by atoms with Crippen LogP contribution in [0.5, 0.6) is 0 Å². The molecule has 0 radical (unpaired) electrons. The third-order valence-corrected chi connectivity index (χ3v) is 5.88. The van der Waals surface area contributed by atoms with E-state index in [1.807, 2.05) is 0 Å². The lowest BCUT2D eigenvalue weighted by molar-refractivity contribution is -0.142. The van der Waals surface area contributed by atoms with E-state index in [4.69, 9.17) is 5.11 Å². The molecule has 0 aromatic carbocycles. The van der Waals surface area contributed by atoms with Crippen LogP contribution in [0.15, 0.2) is 12.2 Å². The molecule has 2 heteroatoms. The molecule has 0 atom stereocenters. The second kappa shape index (κ2) is 9.37. The highest BCUT2D eigenvalue weighted by molar-refractivity contribution is 5.70. The van der Waals surface area contributed by atoms with Crippen LogP contribution in [-0.2, 0) is 4.79 Å². The highest BCUT2D eigenvalue weighted by Gasteiger charge is 2.25. The number of allylic oxidation sites excluding steroid dienone is 2. The fraction of sp³-hybridized carbons (Fsp3) is 0.850. The van der Waals surface area contributed by atoms with Gasteiger partial charge in [-0.05, 0) is 69.1 Å². The first kappa shape index (κ1) is 17.6. The van der Waals surface area contributed by atoms with Crippen LogP contribution >= 0.6 is 0 Å². The number of aliphatic carboxylic acids is 1. The molecule has 0 heterocycles. The second-order valence-corrected chi connectivity index (χ2v) is 7.61. The number of hydrogen-bond donors (Lipinski definition) is 1. The van der Waals surface area contributed by atoms with Gasteiger partial charge in [-0.25, -0.2) is 0 Å². The SMILES string of the molecule is CCCCC[C@H]1CC[C@H](C=C[C@H]2CC[C@H](C(=O)O)CC2)CC1. The van der Waals surface area contributed by atoms with Gasteiger partial charge in [0.25, 0.3) is 0 Å². The van der Waals surface area contributed by atoms with Gasteiger partial charge in [-0.1, -0.05) is 44.8 Å². The molecule has 2 saturated carbocycles. The molecule has 0 saturated heterocycles. The third-order valence-electron chi connectivity index (χ3n) is 5.88. The lowest BCUT2D eigenvalue weighted by Crippen LogP contribution is -2.20. The fourth-order valence-electron chi connectivity index (χ4n) is 4.23.